The molecule has 172 valence electrons. The van der Waals surface area contributed by atoms with Crippen molar-refractivity contribution in [2.75, 3.05) is 31.4 Å². The maximum absolute atomic E-state index is 12.5. The zero-order chi connectivity index (χ0) is 22.5. The molecule has 7 nitrogen and oxygen atoms in total. The summed E-state index contributed by atoms with van der Waals surface area (Å²) in [5.41, 5.74) is 3.49. The fourth-order valence-corrected chi connectivity index (χ4v) is 4.82. The lowest BCUT2D eigenvalue weighted by Gasteiger charge is -2.30. The number of hydrogen-bond acceptors (Lipinski definition) is 6. The van der Waals surface area contributed by atoms with Gasteiger partial charge in [-0.1, -0.05) is 12.1 Å². The third-order valence-electron chi connectivity index (χ3n) is 6.51. The molecule has 0 saturated heterocycles. The molecule has 2 aliphatic carbocycles. The van der Waals surface area contributed by atoms with Crippen molar-refractivity contribution in [2.45, 2.75) is 69.9 Å². The zero-order valence-electron chi connectivity index (χ0n) is 19.5. The molecule has 1 saturated carbocycles. The molecule has 0 aliphatic heterocycles. The van der Waals surface area contributed by atoms with Crippen LogP contribution in [-0.2, 0) is 24.1 Å². The van der Waals surface area contributed by atoms with Crippen LogP contribution >= 0.6 is 0 Å². The number of aryl methyl sites for hydroxylation is 1. The van der Waals surface area contributed by atoms with E-state index in [1.165, 1.54) is 24.1 Å². The first-order chi connectivity index (χ1) is 15.5. The number of amides is 1. The average Bonchev–Trinajstić information content (AvgIpc) is 2.80. The third-order valence-corrected chi connectivity index (χ3v) is 6.51. The largest absolute Gasteiger partial charge is 0.497 e. The number of nitrogens with zero attached hydrogens (tertiary/aromatic N) is 3. The maximum Gasteiger partial charge on any atom is 0.225 e. The molecule has 0 atom stereocenters. The summed E-state index contributed by atoms with van der Waals surface area (Å²) in [7, 11) is 5.75. The van der Waals surface area contributed by atoms with E-state index in [2.05, 4.69) is 29.6 Å². The first-order valence-corrected chi connectivity index (χ1v) is 11.8. The predicted molar refractivity (Wildman–Crippen MR) is 128 cm³/mol. The molecular formula is C25H35N5O2. The highest BCUT2D eigenvalue weighted by Gasteiger charge is 2.25. The van der Waals surface area contributed by atoms with Gasteiger partial charge in [-0.25, -0.2) is 4.98 Å². The van der Waals surface area contributed by atoms with Gasteiger partial charge in [-0.3, -0.25) is 4.79 Å². The van der Waals surface area contributed by atoms with E-state index in [0.29, 0.717) is 12.5 Å². The van der Waals surface area contributed by atoms with Crippen molar-refractivity contribution in [1.82, 2.24) is 15.3 Å². The zero-order valence-corrected chi connectivity index (χ0v) is 19.5. The van der Waals surface area contributed by atoms with Gasteiger partial charge < -0.3 is 20.3 Å². The molecular weight excluding hydrogens is 402 g/mol. The van der Waals surface area contributed by atoms with Crippen LogP contribution in [0.25, 0.3) is 0 Å². The van der Waals surface area contributed by atoms with Crippen molar-refractivity contribution in [3.8, 4) is 5.75 Å². The van der Waals surface area contributed by atoms with Gasteiger partial charge in [-0.05, 0) is 69.1 Å². The Morgan fingerprint density at radius 1 is 1.09 bits per heavy atom. The molecule has 1 aromatic carbocycles. The second-order valence-electron chi connectivity index (χ2n) is 9.19. The molecule has 2 aromatic rings. The smallest absolute Gasteiger partial charge is 0.225 e. The highest BCUT2D eigenvalue weighted by atomic mass is 16.5. The summed E-state index contributed by atoms with van der Waals surface area (Å²) in [4.78, 5) is 24.3. The fraction of sp³-hybridized carbons (Fsp3) is 0.560. The first-order valence-electron chi connectivity index (χ1n) is 11.8. The number of aromatic nitrogens is 2. The maximum atomic E-state index is 12.5. The standard InChI is InChI=1S/C25H35N5O2/c1-30(2)24-21-9-4-5-10-22(21)28-25(29-24)27-19-13-11-18(12-14-19)26-23(31)16-17-7-6-8-20(15-17)32-3/h6-8,15,18-19H,4-5,9-14,16H2,1-3H3,(H,26,31)(H,27,28,29)/t18-,19+. The van der Waals surface area contributed by atoms with E-state index >= 15 is 0 Å². The lowest BCUT2D eigenvalue weighted by molar-refractivity contribution is -0.121. The molecule has 1 amide bonds. The minimum absolute atomic E-state index is 0.0725. The number of fused-ring (bicyclic) bond motifs is 1. The van der Waals surface area contributed by atoms with Crippen LogP contribution in [0.3, 0.4) is 0 Å². The second-order valence-corrected chi connectivity index (χ2v) is 9.19. The molecule has 2 aliphatic rings. The number of ether oxygens (including phenoxy) is 1. The lowest BCUT2D eigenvalue weighted by Crippen LogP contribution is -2.41. The molecule has 1 aromatic heterocycles. The van der Waals surface area contributed by atoms with Crippen molar-refractivity contribution >= 4 is 17.7 Å². The summed E-state index contributed by atoms with van der Waals surface area (Å²) < 4.78 is 5.25. The van der Waals surface area contributed by atoms with Crippen molar-refractivity contribution < 1.29 is 9.53 Å². The van der Waals surface area contributed by atoms with Gasteiger partial charge in [0.2, 0.25) is 11.9 Å². The highest BCUT2D eigenvalue weighted by Crippen LogP contribution is 2.29. The van der Waals surface area contributed by atoms with E-state index in [9.17, 15) is 4.79 Å². The summed E-state index contributed by atoms with van der Waals surface area (Å²) in [5, 5.41) is 6.79. The highest BCUT2D eigenvalue weighted by molar-refractivity contribution is 5.79. The summed E-state index contributed by atoms with van der Waals surface area (Å²) >= 11 is 0. The van der Waals surface area contributed by atoms with E-state index in [0.717, 1.165) is 61.6 Å². The topological polar surface area (TPSA) is 79.4 Å². The summed E-state index contributed by atoms with van der Waals surface area (Å²) in [6.07, 6.45) is 8.85. The van der Waals surface area contributed by atoms with Gasteiger partial charge in [0, 0.05) is 31.7 Å². The van der Waals surface area contributed by atoms with Gasteiger partial charge in [0.15, 0.2) is 0 Å². The molecule has 4 rings (SSSR count). The Morgan fingerprint density at radius 3 is 2.59 bits per heavy atom. The Kier molecular flexibility index (Phi) is 7.12. The fourth-order valence-electron chi connectivity index (χ4n) is 4.82. The Bertz CT molecular complexity index is 938. The van der Waals surface area contributed by atoms with Gasteiger partial charge in [-0.2, -0.15) is 4.98 Å². The molecule has 0 bridgehead atoms. The molecule has 32 heavy (non-hydrogen) atoms. The van der Waals surface area contributed by atoms with Crippen LogP contribution in [0.5, 0.6) is 5.75 Å². The van der Waals surface area contributed by atoms with Crippen LogP contribution < -0.4 is 20.3 Å². The van der Waals surface area contributed by atoms with E-state index in [4.69, 9.17) is 14.7 Å². The number of methoxy groups -OCH3 is 1. The van der Waals surface area contributed by atoms with E-state index in [-0.39, 0.29) is 11.9 Å². The van der Waals surface area contributed by atoms with Crippen LogP contribution in [-0.4, -0.2) is 49.2 Å². The number of carbonyl (C=O) groups is 1. The van der Waals surface area contributed by atoms with Crippen molar-refractivity contribution in [1.29, 1.82) is 0 Å². The normalized spacial score (nSPS) is 20.2. The number of carbonyl (C=O) groups excluding carboxylic acids is 1. The van der Waals surface area contributed by atoms with Crippen molar-refractivity contribution in [2.24, 2.45) is 0 Å². The Labute approximate surface area is 191 Å². The average molecular weight is 438 g/mol. The van der Waals surface area contributed by atoms with Crippen LogP contribution in [0.15, 0.2) is 24.3 Å². The van der Waals surface area contributed by atoms with Crippen LogP contribution in [0.2, 0.25) is 0 Å². The van der Waals surface area contributed by atoms with Crippen molar-refractivity contribution in [3.63, 3.8) is 0 Å². The second kappa shape index (κ2) is 10.2. The number of anilines is 2. The quantitative estimate of drug-likeness (QED) is 0.690. The Balaban J connectivity index is 1.29. The van der Waals surface area contributed by atoms with Crippen LogP contribution in [0, 0.1) is 0 Å². The summed E-state index contributed by atoms with van der Waals surface area (Å²) in [6, 6.07) is 8.27. The number of rotatable bonds is 7. The molecule has 0 spiro atoms. The van der Waals surface area contributed by atoms with Gasteiger partial charge in [-0.15, -0.1) is 0 Å². The number of hydrogen-bond donors (Lipinski definition) is 2. The van der Waals surface area contributed by atoms with Gasteiger partial charge in [0.05, 0.1) is 19.2 Å². The van der Waals surface area contributed by atoms with Gasteiger partial charge in [0.1, 0.15) is 11.6 Å². The summed E-state index contributed by atoms with van der Waals surface area (Å²) in [5.74, 6) is 2.66. The molecule has 1 heterocycles. The number of benzene rings is 1. The summed E-state index contributed by atoms with van der Waals surface area (Å²) in [6.45, 7) is 0. The molecule has 0 radical (unpaired) electrons. The van der Waals surface area contributed by atoms with Crippen molar-refractivity contribution in [3.05, 3.63) is 41.1 Å². The molecule has 0 unspecified atom stereocenters. The van der Waals surface area contributed by atoms with E-state index < -0.39 is 0 Å². The third kappa shape index (κ3) is 5.50. The Morgan fingerprint density at radius 2 is 1.84 bits per heavy atom. The van der Waals surface area contributed by atoms with E-state index in [1.807, 2.05) is 24.3 Å². The SMILES string of the molecule is COc1cccc(CC(=O)N[C@H]2CC[C@@H](Nc3nc4c(c(N(C)C)n3)CCCC4)CC2)c1. The van der Waals surface area contributed by atoms with Crippen LogP contribution in [0.4, 0.5) is 11.8 Å². The van der Waals surface area contributed by atoms with Gasteiger partial charge >= 0.3 is 0 Å². The predicted octanol–water partition coefficient (Wildman–Crippen LogP) is 3.51. The minimum atomic E-state index is 0.0725. The monoisotopic (exact) mass is 437 g/mol. The van der Waals surface area contributed by atoms with Gasteiger partial charge in [0.25, 0.3) is 0 Å². The molecule has 7 heteroatoms. The molecule has 1 fully saturated rings. The minimum Gasteiger partial charge on any atom is -0.497 e. The lowest BCUT2D eigenvalue weighted by atomic mass is 9.91. The number of nitrogens with one attached hydrogen (secondary N) is 2. The Hall–Kier alpha value is -2.83. The first kappa shape index (κ1) is 22.4. The van der Waals surface area contributed by atoms with E-state index in [1.54, 1.807) is 7.11 Å². The van der Waals surface area contributed by atoms with Crippen LogP contribution in [0.1, 0.15) is 55.3 Å². The molecule has 2 N–H and O–H groups in total.